The quantitative estimate of drug-likeness (QED) is 0.558. The summed E-state index contributed by atoms with van der Waals surface area (Å²) in [5, 5.41) is 0. The number of carbonyl (C=O) groups is 2. The van der Waals surface area contributed by atoms with E-state index in [1.54, 1.807) is 0 Å². The van der Waals surface area contributed by atoms with E-state index < -0.39 is 0 Å². The molecular weight excluding hydrogens is 184 g/mol. The van der Waals surface area contributed by atoms with Gasteiger partial charge < -0.3 is 9.47 Å². The molecule has 4 heteroatoms. The molecule has 0 fully saturated rings. The molecule has 0 N–H and O–H groups in total. The van der Waals surface area contributed by atoms with Crippen molar-refractivity contribution in [1.82, 2.24) is 0 Å². The zero-order valence-corrected chi connectivity index (χ0v) is 8.99. The van der Waals surface area contributed by atoms with Crippen LogP contribution in [0.1, 0.15) is 27.2 Å². The highest BCUT2D eigenvalue weighted by molar-refractivity contribution is 5.37. The zero-order chi connectivity index (χ0) is 11.0. The Morgan fingerprint density at radius 3 is 2.29 bits per heavy atom. The first-order valence-electron chi connectivity index (χ1n) is 4.62. The van der Waals surface area contributed by atoms with E-state index in [1.807, 2.05) is 20.8 Å². The second-order valence-electron chi connectivity index (χ2n) is 4.31. The number of hydrogen-bond acceptors (Lipinski definition) is 4. The van der Waals surface area contributed by atoms with Crippen LogP contribution in [0.5, 0.6) is 0 Å². The molecule has 82 valence electrons. The first-order valence-corrected chi connectivity index (χ1v) is 4.62. The van der Waals surface area contributed by atoms with Crippen molar-refractivity contribution in [3.63, 3.8) is 0 Å². The van der Waals surface area contributed by atoms with Gasteiger partial charge in [0.15, 0.2) is 0 Å². The fourth-order valence-corrected chi connectivity index (χ4v) is 1.52. The Bertz CT molecular complexity index is 177. The predicted octanol–water partition coefficient (Wildman–Crippen LogP) is 1.38. The van der Waals surface area contributed by atoms with Gasteiger partial charge >= 0.3 is 0 Å². The SMILES string of the molecule is CC(COC=O)CC(C)(C)COC=O. The fraction of sp³-hybridized carbons (Fsp3) is 0.800. The first kappa shape index (κ1) is 12.9. The molecule has 14 heavy (non-hydrogen) atoms. The van der Waals surface area contributed by atoms with Crippen LogP contribution in [0.4, 0.5) is 0 Å². The first-order chi connectivity index (χ1) is 6.52. The van der Waals surface area contributed by atoms with Crippen LogP contribution in [0.3, 0.4) is 0 Å². The molecule has 0 aliphatic carbocycles. The second kappa shape index (κ2) is 6.40. The summed E-state index contributed by atoms with van der Waals surface area (Å²) in [5.41, 5.74) is -0.0768. The highest BCUT2D eigenvalue weighted by atomic mass is 16.5. The Hall–Kier alpha value is -1.06. The summed E-state index contributed by atoms with van der Waals surface area (Å²) in [4.78, 5) is 20.0. The maximum atomic E-state index is 10.0. The minimum Gasteiger partial charge on any atom is -0.468 e. The summed E-state index contributed by atoms with van der Waals surface area (Å²) in [6.45, 7) is 7.71. The van der Waals surface area contributed by atoms with Gasteiger partial charge in [0.05, 0.1) is 13.2 Å². The second-order valence-corrected chi connectivity index (χ2v) is 4.31. The number of hydrogen-bond donors (Lipinski definition) is 0. The summed E-state index contributed by atoms with van der Waals surface area (Å²) in [7, 11) is 0. The summed E-state index contributed by atoms with van der Waals surface area (Å²) in [6.07, 6.45) is 0.842. The molecule has 0 spiro atoms. The van der Waals surface area contributed by atoms with Crippen LogP contribution in [0.25, 0.3) is 0 Å². The predicted molar refractivity (Wildman–Crippen MR) is 51.6 cm³/mol. The van der Waals surface area contributed by atoms with Gasteiger partial charge in [-0.1, -0.05) is 20.8 Å². The third-order valence-electron chi connectivity index (χ3n) is 1.89. The molecule has 0 radical (unpaired) electrons. The van der Waals surface area contributed by atoms with E-state index in [0.29, 0.717) is 26.2 Å². The molecule has 0 saturated heterocycles. The highest BCUT2D eigenvalue weighted by Gasteiger charge is 2.22. The maximum Gasteiger partial charge on any atom is 0.293 e. The Morgan fingerprint density at radius 2 is 1.79 bits per heavy atom. The lowest BCUT2D eigenvalue weighted by atomic mass is 9.84. The van der Waals surface area contributed by atoms with Gasteiger partial charge in [0, 0.05) is 0 Å². The van der Waals surface area contributed by atoms with Gasteiger partial charge in [-0.25, -0.2) is 0 Å². The molecule has 0 saturated carbocycles. The Balaban J connectivity index is 3.80. The molecule has 0 aliphatic rings. The van der Waals surface area contributed by atoms with E-state index in [-0.39, 0.29) is 11.3 Å². The largest absolute Gasteiger partial charge is 0.468 e. The Kier molecular flexibility index (Phi) is 5.92. The van der Waals surface area contributed by atoms with E-state index in [1.165, 1.54) is 0 Å². The van der Waals surface area contributed by atoms with Crippen LogP contribution < -0.4 is 0 Å². The molecule has 0 aliphatic heterocycles. The van der Waals surface area contributed by atoms with Crippen molar-refractivity contribution in [1.29, 1.82) is 0 Å². The standard InChI is InChI=1S/C10H18O4/c1-9(5-13-7-11)4-10(2,3)6-14-8-12/h7-9H,4-6H2,1-3H3. The summed E-state index contributed by atoms with van der Waals surface area (Å²) in [6, 6.07) is 0. The van der Waals surface area contributed by atoms with Gasteiger partial charge in [-0.2, -0.15) is 0 Å². The monoisotopic (exact) mass is 202 g/mol. The third-order valence-corrected chi connectivity index (χ3v) is 1.89. The average Bonchev–Trinajstić information content (AvgIpc) is 2.11. The van der Waals surface area contributed by atoms with Gasteiger partial charge in [-0.3, -0.25) is 9.59 Å². The van der Waals surface area contributed by atoms with Crippen molar-refractivity contribution in [2.75, 3.05) is 13.2 Å². The minimum absolute atomic E-state index is 0.0768. The molecule has 1 unspecified atom stereocenters. The van der Waals surface area contributed by atoms with Crippen LogP contribution >= 0.6 is 0 Å². The highest BCUT2D eigenvalue weighted by Crippen LogP contribution is 2.25. The number of rotatable bonds is 8. The fourth-order valence-electron chi connectivity index (χ4n) is 1.52. The van der Waals surface area contributed by atoms with E-state index >= 15 is 0 Å². The van der Waals surface area contributed by atoms with Crippen molar-refractivity contribution < 1.29 is 19.1 Å². The lowest BCUT2D eigenvalue weighted by Gasteiger charge is -2.26. The lowest BCUT2D eigenvalue weighted by Crippen LogP contribution is -2.23. The van der Waals surface area contributed by atoms with E-state index in [4.69, 9.17) is 4.74 Å². The van der Waals surface area contributed by atoms with Gasteiger partial charge in [-0.15, -0.1) is 0 Å². The molecule has 0 aromatic heterocycles. The van der Waals surface area contributed by atoms with Crippen LogP contribution in [0, 0.1) is 11.3 Å². The molecule has 4 nitrogen and oxygen atoms in total. The van der Waals surface area contributed by atoms with Crippen LogP contribution in [0.2, 0.25) is 0 Å². The Morgan fingerprint density at radius 1 is 1.21 bits per heavy atom. The Labute approximate surface area is 84.6 Å². The topological polar surface area (TPSA) is 52.6 Å². The van der Waals surface area contributed by atoms with Crippen LogP contribution in [-0.4, -0.2) is 26.2 Å². The third kappa shape index (κ3) is 6.46. The molecule has 0 rings (SSSR count). The van der Waals surface area contributed by atoms with Crippen molar-refractivity contribution in [2.45, 2.75) is 27.2 Å². The summed E-state index contributed by atoms with van der Waals surface area (Å²) >= 11 is 0. The van der Waals surface area contributed by atoms with Crippen molar-refractivity contribution in [2.24, 2.45) is 11.3 Å². The number of ether oxygens (including phenoxy) is 2. The number of carbonyl (C=O) groups excluding carboxylic acids is 2. The lowest BCUT2D eigenvalue weighted by molar-refractivity contribution is -0.132. The van der Waals surface area contributed by atoms with Gasteiger partial charge in [0.1, 0.15) is 0 Å². The van der Waals surface area contributed by atoms with Crippen LogP contribution in [-0.2, 0) is 19.1 Å². The molecule has 0 bridgehead atoms. The maximum absolute atomic E-state index is 10.0. The molecule has 0 aromatic carbocycles. The van der Waals surface area contributed by atoms with Gasteiger partial charge in [0.25, 0.3) is 12.9 Å². The van der Waals surface area contributed by atoms with E-state index in [2.05, 4.69) is 4.74 Å². The molecule has 0 heterocycles. The molecular formula is C10H18O4. The molecule has 0 amide bonds. The average molecular weight is 202 g/mol. The molecule has 1 atom stereocenters. The van der Waals surface area contributed by atoms with Gasteiger partial charge in [-0.05, 0) is 17.8 Å². The van der Waals surface area contributed by atoms with Crippen molar-refractivity contribution in [3.05, 3.63) is 0 Å². The van der Waals surface area contributed by atoms with Crippen LogP contribution in [0.15, 0.2) is 0 Å². The van der Waals surface area contributed by atoms with E-state index in [0.717, 1.165) is 6.42 Å². The summed E-state index contributed by atoms with van der Waals surface area (Å²) < 4.78 is 9.37. The normalized spacial score (nSPS) is 13.1. The van der Waals surface area contributed by atoms with Crippen molar-refractivity contribution >= 4 is 12.9 Å². The van der Waals surface area contributed by atoms with Gasteiger partial charge in [0.2, 0.25) is 0 Å². The smallest absolute Gasteiger partial charge is 0.293 e. The minimum atomic E-state index is -0.0768. The molecule has 0 aromatic rings. The zero-order valence-electron chi connectivity index (χ0n) is 8.99. The van der Waals surface area contributed by atoms with E-state index in [9.17, 15) is 9.59 Å². The summed E-state index contributed by atoms with van der Waals surface area (Å²) in [5.74, 6) is 0.269. The van der Waals surface area contributed by atoms with Crippen molar-refractivity contribution in [3.8, 4) is 0 Å².